The van der Waals surface area contributed by atoms with Gasteiger partial charge in [0, 0.05) is 19.1 Å². The fourth-order valence-corrected chi connectivity index (χ4v) is 2.72. The number of rotatable bonds is 7. The average Bonchev–Trinajstić information content (AvgIpc) is 2.41. The fourth-order valence-electron chi connectivity index (χ4n) is 2.72. The van der Waals surface area contributed by atoms with Crippen LogP contribution < -0.4 is 5.32 Å². The Morgan fingerprint density at radius 2 is 1.95 bits per heavy atom. The summed E-state index contributed by atoms with van der Waals surface area (Å²) in [6, 6.07) is 0.349. The summed E-state index contributed by atoms with van der Waals surface area (Å²) in [4.78, 5) is 14.8. The molecule has 1 aliphatic rings. The summed E-state index contributed by atoms with van der Waals surface area (Å²) in [5.74, 6) is -0.0635. The van der Waals surface area contributed by atoms with Crippen molar-refractivity contribution in [3.05, 3.63) is 0 Å². The maximum atomic E-state index is 12.3. The van der Waals surface area contributed by atoms with Crippen LogP contribution in [-0.2, 0) is 9.53 Å². The fraction of sp³-hybridized carbons (Fsp3) is 0.933. The van der Waals surface area contributed by atoms with Crippen LogP contribution in [0.4, 0.5) is 0 Å². The molecule has 1 saturated heterocycles. The van der Waals surface area contributed by atoms with E-state index in [1.165, 1.54) is 6.42 Å². The smallest absolute Gasteiger partial charge is 0.326 e. The Morgan fingerprint density at radius 1 is 1.32 bits per heavy atom. The zero-order valence-electron chi connectivity index (χ0n) is 13.0. The molecular weight excluding hydrogens is 240 g/mol. The predicted octanol–water partition coefficient (Wildman–Crippen LogP) is 2.18. The second-order valence-electron chi connectivity index (χ2n) is 5.60. The van der Waals surface area contributed by atoms with Gasteiger partial charge in [0.2, 0.25) is 0 Å². The lowest BCUT2D eigenvalue weighted by Gasteiger charge is -2.42. The molecule has 0 aromatic rings. The largest absolute Gasteiger partial charge is 0.465 e. The number of hydrogen-bond donors (Lipinski definition) is 1. The minimum atomic E-state index is -0.463. The first kappa shape index (κ1) is 16.4. The van der Waals surface area contributed by atoms with Gasteiger partial charge < -0.3 is 9.64 Å². The molecule has 0 amide bonds. The zero-order chi connectivity index (χ0) is 14.3. The van der Waals surface area contributed by atoms with Crippen LogP contribution in [0.5, 0.6) is 0 Å². The Morgan fingerprint density at radius 3 is 2.42 bits per heavy atom. The van der Waals surface area contributed by atoms with Crippen LogP contribution in [0.15, 0.2) is 0 Å². The summed E-state index contributed by atoms with van der Waals surface area (Å²) in [7, 11) is 0. The summed E-state index contributed by atoms with van der Waals surface area (Å²) in [6.45, 7) is 11.9. The first-order valence-electron chi connectivity index (χ1n) is 7.75. The van der Waals surface area contributed by atoms with E-state index in [2.05, 4.69) is 31.0 Å². The topological polar surface area (TPSA) is 41.6 Å². The molecule has 4 nitrogen and oxygen atoms in total. The first-order chi connectivity index (χ1) is 9.07. The molecule has 1 heterocycles. The van der Waals surface area contributed by atoms with Crippen molar-refractivity contribution in [2.75, 3.05) is 26.2 Å². The van der Waals surface area contributed by atoms with E-state index in [-0.39, 0.29) is 5.97 Å². The van der Waals surface area contributed by atoms with Gasteiger partial charge in [0.1, 0.15) is 5.54 Å². The summed E-state index contributed by atoms with van der Waals surface area (Å²) < 4.78 is 5.31. The maximum Gasteiger partial charge on any atom is 0.326 e. The molecule has 112 valence electrons. The van der Waals surface area contributed by atoms with Crippen molar-refractivity contribution < 1.29 is 9.53 Å². The molecule has 0 saturated carbocycles. The van der Waals surface area contributed by atoms with Crippen LogP contribution in [-0.4, -0.2) is 48.7 Å². The molecule has 1 fully saturated rings. The molecule has 0 bridgehead atoms. The normalized spacial score (nSPS) is 21.1. The molecule has 1 unspecified atom stereocenters. The van der Waals surface area contributed by atoms with Gasteiger partial charge in [0.05, 0.1) is 6.61 Å². The lowest BCUT2D eigenvalue weighted by Crippen LogP contribution is -2.61. The van der Waals surface area contributed by atoms with E-state index >= 15 is 0 Å². The Balaban J connectivity index is 2.69. The number of likely N-dealkylation sites (tertiary alicyclic amines) is 1. The van der Waals surface area contributed by atoms with Crippen molar-refractivity contribution in [3.63, 3.8) is 0 Å². The van der Waals surface area contributed by atoms with Gasteiger partial charge in [-0.05, 0) is 46.1 Å². The SMILES string of the molecule is CCCN1CCC(NC(C)CC)(C(=O)OCC)CC1. The highest BCUT2D eigenvalue weighted by Gasteiger charge is 2.42. The third kappa shape index (κ3) is 4.46. The van der Waals surface area contributed by atoms with E-state index < -0.39 is 5.54 Å². The van der Waals surface area contributed by atoms with Crippen molar-refractivity contribution in [1.29, 1.82) is 0 Å². The van der Waals surface area contributed by atoms with Gasteiger partial charge in [0.25, 0.3) is 0 Å². The molecule has 4 heteroatoms. The van der Waals surface area contributed by atoms with E-state index in [9.17, 15) is 4.79 Å². The maximum absolute atomic E-state index is 12.3. The van der Waals surface area contributed by atoms with Crippen LogP contribution in [0.3, 0.4) is 0 Å². The van der Waals surface area contributed by atoms with Gasteiger partial charge in [-0.15, -0.1) is 0 Å². The first-order valence-corrected chi connectivity index (χ1v) is 7.75. The quantitative estimate of drug-likeness (QED) is 0.720. The van der Waals surface area contributed by atoms with Crippen molar-refractivity contribution in [1.82, 2.24) is 10.2 Å². The molecule has 1 rings (SSSR count). The average molecular weight is 270 g/mol. The molecule has 1 atom stereocenters. The minimum absolute atomic E-state index is 0.0635. The third-order valence-electron chi connectivity index (χ3n) is 4.05. The van der Waals surface area contributed by atoms with E-state index in [1.807, 2.05) is 6.92 Å². The lowest BCUT2D eigenvalue weighted by molar-refractivity contribution is -0.154. The monoisotopic (exact) mass is 270 g/mol. The van der Waals surface area contributed by atoms with E-state index in [1.54, 1.807) is 0 Å². The number of carbonyl (C=O) groups excluding carboxylic acids is 1. The second kappa shape index (κ2) is 7.85. The molecule has 0 aromatic heterocycles. The zero-order valence-corrected chi connectivity index (χ0v) is 13.0. The number of ether oxygens (including phenoxy) is 1. The highest BCUT2D eigenvalue weighted by molar-refractivity contribution is 5.81. The highest BCUT2D eigenvalue weighted by Crippen LogP contribution is 2.25. The van der Waals surface area contributed by atoms with Gasteiger partial charge >= 0.3 is 5.97 Å². The molecule has 1 N–H and O–H groups in total. The predicted molar refractivity (Wildman–Crippen MR) is 78.2 cm³/mol. The number of nitrogens with one attached hydrogen (secondary N) is 1. The second-order valence-corrected chi connectivity index (χ2v) is 5.60. The van der Waals surface area contributed by atoms with Gasteiger partial charge in [-0.1, -0.05) is 13.8 Å². The Bertz CT molecular complexity index is 273. The molecule has 19 heavy (non-hydrogen) atoms. The molecule has 1 aliphatic heterocycles. The summed E-state index contributed by atoms with van der Waals surface area (Å²) in [5, 5.41) is 3.53. The minimum Gasteiger partial charge on any atom is -0.465 e. The standard InChI is InChI=1S/C15H30N2O2/c1-5-10-17-11-8-15(9-12-17,14(18)19-7-3)16-13(4)6-2/h13,16H,5-12H2,1-4H3. The summed E-state index contributed by atoms with van der Waals surface area (Å²) in [5.41, 5.74) is -0.463. The van der Waals surface area contributed by atoms with E-state index in [0.29, 0.717) is 12.6 Å². The summed E-state index contributed by atoms with van der Waals surface area (Å²) >= 11 is 0. The van der Waals surface area contributed by atoms with Crippen molar-refractivity contribution in [2.24, 2.45) is 0 Å². The van der Waals surface area contributed by atoms with Crippen LogP contribution in [0.25, 0.3) is 0 Å². The lowest BCUT2D eigenvalue weighted by atomic mass is 9.86. The highest BCUT2D eigenvalue weighted by atomic mass is 16.5. The number of hydrogen-bond acceptors (Lipinski definition) is 4. The molecule has 0 radical (unpaired) electrons. The number of nitrogens with zero attached hydrogens (tertiary/aromatic N) is 1. The molecule has 0 aliphatic carbocycles. The van der Waals surface area contributed by atoms with Crippen LogP contribution in [0.1, 0.15) is 53.4 Å². The molecule has 0 spiro atoms. The van der Waals surface area contributed by atoms with Gasteiger partial charge in [0.15, 0.2) is 0 Å². The number of esters is 1. The Hall–Kier alpha value is -0.610. The van der Waals surface area contributed by atoms with Crippen LogP contribution in [0.2, 0.25) is 0 Å². The van der Waals surface area contributed by atoms with Crippen molar-refractivity contribution in [2.45, 2.75) is 65.0 Å². The Kier molecular flexibility index (Phi) is 6.80. The van der Waals surface area contributed by atoms with E-state index in [4.69, 9.17) is 4.74 Å². The van der Waals surface area contributed by atoms with Gasteiger partial charge in [-0.25, -0.2) is 0 Å². The summed E-state index contributed by atoms with van der Waals surface area (Å²) in [6.07, 6.45) is 3.91. The number of piperidine rings is 1. The van der Waals surface area contributed by atoms with Crippen LogP contribution in [0, 0.1) is 0 Å². The molecular formula is C15H30N2O2. The van der Waals surface area contributed by atoms with Crippen LogP contribution >= 0.6 is 0 Å². The van der Waals surface area contributed by atoms with E-state index in [0.717, 1.165) is 38.9 Å². The number of carbonyl (C=O) groups is 1. The van der Waals surface area contributed by atoms with Gasteiger partial charge in [-0.3, -0.25) is 10.1 Å². The third-order valence-corrected chi connectivity index (χ3v) is 4.05. The Labute approximate surface area is 117 Å². The molecule has 0 aromatic carbocycles. The van der Waals surface area contributed by atoms with Crippen molar-refractivity contribution >= 4 is 5.97 Å². The van der Waals surface area contributed by atoms with Gasteiger partial charge in [-0.2, -0.15) is 0 Å². The van der Waals surface area contributed by atoms with Crippen molar-refractivity contribution in [3.8, 4) is 0 Å².